The van der Waals surface area contributed by atoms with Gasteiger partial charge in [0.2, 0.25) is 0 Å². The number of aromatic nitrogens is 2. The van der Waals surface area contributed by atoms with Crippen LogP contribution in [0.3, 0.4) is 0 Å². The summed E-state index contributed by atoms with van der Waals surface area (Å²) in [6, 6.07) is 6.94. The number of ether oxygens (including phenoxy) is 3. The Morgan fingerprint density at radius 1 is 1.45 bits per heavy atom. The summed E-state index contributed by atoms with van der Waals surface area (Å²) in [5, 5.41) is 0. The Kier molecular flexibility index (Phi) is 4.00. The lowest BCUT2D eigenvalue weighted by Gasteiger charge is -2.25. The predicted molar refractivity (Wildman–Crippen MR) is 80.8 cm³/mol. The molecule has 2 aromatic heterocycles. The molecule has 0 N–H and O–H groups in total. The minimum absolute atomic E-state index is 0.0622. The van der Waals surface area contributed by atoms with Crippen molar-refractivity contribution >= 4 is 0 Å². The van der Waals surface area contributed by atoms with E-state index in [1.165, 1.54) is 6.07 Å². The van der Waals surface area contributed by atoms with Gasteiger partial charge in [0.25, 0.3) is 11.4 Å². The monoisotopic (exact) mass is 302 g/mol. The normalized spacial score (nSPS) is 16.4. The van der Waals surface area contributed by atoms with Gasteiger partial charge in [-0.25, -0.2) is 4.98 Å². The van der Waals surface area contributed by atoms with Crippen molar-refractivity contribution in [3.05, 3.63) is 46.5 Å². The first-order chi connectivity index (χ1) is 10.7. The fourth-order valence-corrected chi connectivity index (χ4v) is 2.42. The first kappa shape index (κ1) is 14.4. The van der Waals surface area contributed by atoms with E-state index in [4.69, 9.17) is 14.2 Å². The molecule has 0 aliphatic carbocycles. The molecule has 3 rings (SSSR count). The van der Waals surface area contributed by atoms with E-state index in [0.29, 0.717) is 37.1 Å². The lowest BCUT2D eigenvalue weighted by atomic mass is 10.3. The van der Waals surface area contributed by atoms with Crippen LogP contribution in [-0.4, -0.2) is 28.9 Å². The SMILES string of the molecule is CCn1c(C)cc(OCC2COc3ncccc3O2)cc1=O. The lowest BCUT2D eigenvalue weighted by molar-refractivity contribution is 0.0500. The van der Waals surface area contributed by atoms with Gasteiger partial charge >= 0.3 is 0 Å². The molecule has 0 saturated heterocycles. The van der Waals surface area contributed by atoms with Crippen LogP contribution in [0.2, 0.25) is 0 Å². The Morgan fingerprint density at radius 2 is 2.32 bits per heavy atom. The summed E-state index contributed by atoms with van der Waals surface area (Å²) < 4.78 is 18.7. The molecule has 0 amide bonds. The van der Waals surface area contributed by atoms with Crippen molar-refractivity contribution in [3.8, 4) is 17.4 Å². The highest BCUT2D eigenvalue weighted by Gasteiger charge is 2.22. The van der Waals surface area contributed by atoms with Gasteiger partial charge in [-0.3, -0.25) is 4.79 Å². The topological polar surface area (TPSA) is 62.6 Å². The molecule has 1 aliphatic heterocycles. The van der Waals surface area contributed by atoms with Gasteiger partial charge in [0.1, 0.15) is 19.0 Å². The molecule has 0 radical (unpaired) electrons. The predicted octanol–water partition coefficient (Wildman–Crippen LogP) is 1.79. The Morgan fingerprint density at radius 3 is 3.09 bits per heavy atom. The van der Waals surface area contributed by atoms with E-state index in [9.17, 15) is 4.79 Å². The Hall–Kier alpha value is -2.50. The fourth-order valence-electron chi connectivity index (χ4n) is 2.42. The highest BCUT2D eigenvalue weighted by atomic mass is 16.6. The molecule has 1 unspecified atom stereocenters. The second-order valence-electron chi connectivity index (χ2n) is 5.08. The van der Waals surface area contributed by atoms with Gasteiger partial charge < -0.3 is 18.8 Å². The van der Waals surface area contributed by atoms with Gasteiger partial charge in [-0.05, 0) is 32.0 Å². The summed E-state index contributed by atoms with van der Waals surface area (Å²) in [7, 11) is 0. The van der Waals surface area contributed by atoms with Crippen LogP contribution in [0.5, 0.6) is 17.4 Å². The molecule has 22 heavy (non-hydrogen) atoms. The molecule has 0 fully saturated rings. The second-order valence-corrected chi connectivity index (χ2v) is 5.08. The first-order valence-electron chi connectivity index (χ1n) is 7.26. The highest BCUT2D eigenvalue weighted by molar-refractivity contribution is 5.34. The molecule has 2 aromatic rings. The van der Waals surface area contributed by atoms with Crippen molar-refractivity contribution in [2.75, 3.05) is 13.2 Å². The molecular weight excluding hydrogens is 284 g/mol. The summed E-state index contributed by atoms with van der Waals surface area (Å²) >= 11 is 0. The molecule has 0 saturated carbocycles. The maximum absolute atomic E-state index is 11.9. The molecule has 116 valence electrons. The highest BCUT2D eigenvalue weighted by Crippen LogP contribution is 2.28. The summed E-state index contributed by atoms with van der Waals surface area (Å²) in [5.41, 5.74) is 0.813. The van der Waals surface area contributed by atoms with E-state index in [0.717, 1.165) is 5.69 Å². The number of hydrogen-bond donors (Lipinski definition) is 0. The molecule has 1 aliphatic rings. The van der Waals surface area contributed by atoms with E-state index in [2.05, 4.69) is 4.98 Å². The van der Waals surface area contributed by atoms with E-state index in [1.54, 1.807) is 22.9 Å². The molecular formula is C16H18N2O4. The van der Waals surface area contributed by atoms with E-state index in [1.807, 2.05) is 19.9 Å². The average Bonchev–Trinajstić information content (AvgIpc) is 2.52. The first-order valence-corrected chi connectivity index (χ1v) is 7.26. The van der Waals surface area contributed by atoms with Crippen LogP contribution in [-0.2, 0) is 6.54 Å². The van der Waals surface area contributed by atoms with Crippen molar-refractivity contribution in [2.45, 2.75) is 26.5 Å². The van der Waals surface area contributed by atoms with Crippen molar-refractivity contribution in [1.82, 2.24) is 9.55 Å². The molecule has 0 bridgehead atoms. The van der Waals surface area contributed by atoms with Crippen LogP contribution in [0.4, 0.5) is 0 Å². The smallest absolute Gasteiger partial charge is 0.257 e. The molecule has 0 aromatic carbocycles. The van der Waals surface area contributed by atoms with Crippen LogP contribution in [0, 0.1) is 6.92 Å². The van der Waals surface area contributed by atoms with Crippen LogP contribution in [0.15, 0.2) is 35.3 Å². The second kappa shape index (κ2) is 6.09. The van der Waals surface area contributed by atoms with Crippen molar-refractivity contribution in [2.24, 2.45) is 0 Å². The number of hydrogen-bond acceptors (Lipinski definition) is 5. The van der Waals surface area contributed by atoms with Gasteiger partial charge in [0.15, 0.2) is 11.9 Å². The third-order valence-corrected chi connectivity index (χ3v) is 3.50. The van der Waals surface area contributed by atoms with Crippen LogP contribution in [0.1, 0.15) is 12.6 Å². The molecule has 1 atom stereocenters. The third-order valence-electron chi connectivity index (χ3n) is 3.50. The maximum Gasteiger partial charge on any atom is 0.257 e. The number of nitrogens with zero attached hydrogens (tertiary/aromatic N) is 2. The van der Waals surface area contributed by atoms with Gasteiger partial charge in [-0.2, -0.15) is 0 Å². The standard InChI is InChI=1S/C16H18N2O4/c1-3-18-11(2)7-12(8-15(18)19)20-9-13-10-21-16-14(22-13)5-4-6-17-16/h4-8,13H,3,9-10H2,1-2H3. The van der Waals surface area contributed by atoms with Gasteiger partial charge in [-0.15, -0.1) is 0 Å². The molecule has 3 heterocycles. The van der Waals surface area contributed by atoms with Crippen molar-refractivity contribution in [1.29, 1.82) is 0 Å². The zero-order valence-corrected chi connectivity index (χ0v) is 12.6. The summed E-state index contributed by atoms with van der Waals surface area (Å²) in [5.74, 6) is 1.66. The van der Waals surface area contributed by atoms with Gasteiger partial charge in [0.05, 0.1) is 0 Å². The maximum atomic E-state index is 11.9. The van der Waals surface area contributed by atoms with Crippen LogP contribution in [0.25, 0.3) is 0 Å². The van der Waals surface area contributed by atoms with Crippen LogP contribution < -0.4 is 19.8 Å². The minimum Gasteiger partial charge on any atom is -0.489 e. The Bertz CT molecular complexity index is 726. The zero-order valence-electron chi connectivity index (χ0n) is 12.6. The van der Waals surface area contributed by atoms with E-state index in [-0.39, 0.29) is 11.7 Å². The van der Waals surface area contributed by atoms with E-state index < -0.39 is 0 Å². The number of pyridine rings is 2. The van der Waals surface area contributed by atoms with Gasteiger partial charge in [-0.1, -0.05) is 0 Å². The number of aryl methyl sites for hydroxylation is 1. The Balaban J connectivity index is 1.66. The number of fused-ring (bicyclic) bond motifs is 1. The Labute approximate surface area is 128 Å². The quantitative estimate of drug-likeness (QED) is 0.861. The summed E-state index contributed by atoms with van der Waals surface area (Å²) in [4.78, 5) is 16.0. The average molecular weight is 302 g/mol. The zero-order chi connectivity index (χ0) is 15.5. The van der Waals surface area contributed by atoms with Gasteiger partial charge in [0, 0.05) is 24.5 Å². The molecule has 0 spiro atoms. The molecule has 6 heteroatoms. The largest absolute Gasteiger partial charge is 0.489 e. The van der Waals surface area contributed by atoms with E-state index >= 15 is 0 Å². The lowest BCUT2D eigenvalue weighted by Crippen LogP contribution is -2.35. The third kappa shape index (κ3) is 2.90. The van der Waals surface area contributed by atoms with Crippen LogP contribution >= 0.6 is 0 Å². The minimum atomic E-state index is -0.231. The number of rotatable bonds is 4. The van der Waals surface area contributed by atoms with Crippen molar-refractivity contribution in [3.63, 3.8) is 0 Å². The summed E-state index contributed by atoms with van der Waals surface area (Å²) in [6.07, 6.45) is 1.43. The fraction of sp³-hybridized carbons (Fsp3) is 0.375. The summed E-state index contributed by atoms with van der Waals surface area (Å²) in [6.45, 7) is 5.15. The molecule has 6 nitrogen and oxygen atoms in total. The van der Waals surface area contributed by atoms with Crippen molar-refractivity contribution < 1.29 is 14.2 Å².